The summed E-state index contributed by atoms with van der Waals surface area (Å²) >= 11 is 12.3. The van der Waals surface area contributed by atoms with Crippen molar-refractivity contribution < 1.29 is 14.7 Å². The lowest BCUT2D eigenvalue weighted by molar-refractivity contribution is -0.133. The van der Waals surface area contributed by atoms with Crippen molar-refractivity contribution in [2.75, 3.05) is 16.8 Å². The minimum absolute atomic E-state index is 0.275. The first-order valence-electron chi connectivity index (χ1n) is 9.26. The van der Waals surface area contributed by atoms with Gasteiger partial charge in [0.2, 0.25) is 5.91 Å². The molecule has 1 atom stereocenters. The van der Waals surface area contributed by atoms with Gasteiger partial charge in [-0.2, -0.15) is 0 Å². The minimum Gasteiger partial charge on any atom is -0.372 e. The number of halogens is 2. The predicted molar refractivity (Wildman–Crippen MR) is 118 cm³/mol. The minimum atomic E-state index is -1.93. The average molecular weight is 441 g/mol. The zero-order chi connectivity index (χ0) is 21.5. The van der Waals surface area contributed by atoms with Crippen LogP contribution in [0.4, 0.5) is 11.4 Å². The first-order chi connectivity index (χ1) is 14.3. The maximum absolute atomic E-state index is 13.3. The molecule has 3 aromatic carbocycles. The van der Waals surface area contributed by atoms with Crippen molar-refractivity contribution >= 4 is 46.4 Å². The number of anilines is 2. The van der Waals surface area contributed by atoms with Gasteiger partial charge in [0.25, 0.3) is 5.91 Å². The lowest BCUT2D eigenvalue weighted by Crippen LogP contribution is -2.44. The number of amides is 2. The van der Waals surface area contributed by atoms with Crippen molar-refractivity contribution in [1.82, 2.24) is 0 Å². The van der Waals surface area contributed by atoms with E-state index in [1.54, 1.807) is 60.7 Å². The van der Waals surface area contributed by atoms with Crippen LogP contribution in [0.2, 0.25) is 10.0 Å². The summed E-state index contributed by atoms with van der Waals surface area (Å²) in [6, 6.07) is 18.6. The highest BCUT2D eigenvalue weighted by atomic mass is 35.5. The Kier molecular flexibility index (Phi) is 5.28. The second-order valence-electron chi connectivity index (χ2n) is 7.16. The number of hydrogen-bond donors (Lipinski definition) is 2. The summed E-state index contributed by atoms with van der Waals surface area (Å²) in [6.07, 6.45) is 0. The van der Waals surface area contributed by atoms with E-state index < -0.39 is 17.4 Å². The number of fused-ring (bicyclic) bond motifs is 1. The van der Waals surface area contributed by atoms with E-state index in [1.807, 2.05) is 13.0 Å². The third kappa shape index (κ3) is 3.45. The fourth-order valence-electron chi connectivity index (χ4n) is 3.64. The van der Waals surface area contributed by atoms with Crippen LogP contribution in [0.25, 0.3) is 0 Å². The SMILES string of the molecule is Cc1ccc(NC(=O)CN2C(=O)C(O)(c3cccc(Cl)c3)c3ccccc32)c(Cl)c1. The molecule has 0 fully saturated rings. The van der Waals surface area contributed by atoms with Gasteiger partial charge in [-0.15, -0.1) is 0 Å². The van der Waals surface area contributed by atoms with Crippen LogP contribution in [-0.4, -0.2) is 23.5 Å². The molecule has 0 saturated carbocycles. The highest BCUT2D eigenvalue weighted by Crippen LogP contribution is 2.44. The molecule has 3 aromatic rings. The van der Waals surface area contributed by atoms with Gasteiger partial charge in [0.15, 0.2) is 5.60 Å². The fraction of sp³-hybridized carbons (Fsp3) is 0.130. The van der Waals surface area contributed by atoms with Crippen LogP contribution >= 0.6 is 23.2 Å². The second kappa shape index (κ2) is 7.76. The molecule has 0 saturated heterocycles. The largest absolute Gasteiger partial charge is 0.372 e. The van der Waals surface area contributed by atoms with Crippen LogP contribution in [0.1, 0.15) is 16.7 Å². The number of nitrogens with one attached hydrogen (secondary N) is 1. The molecule has 0 aromatic heterocycles. The van der Waals surface area contributed by atoms with Crippen molar-refractivity contribution in [3.05, 3.63) is 93.5 Å². The number of hydrogen-bond acceptors (Lipinski definition) is 3. The zero-order valence-electron chi connectivity index (χ0n) is 16.0. The van der Waals surface area contributed by atoms with Gasteiger partial charge in [-0.3, -0.25) is 14.5 Å². The summed E-state index contributed by atoms with van der Waals surface area (Å²) < 4.78 is 0. The fourth-order valence-corrected chi connectivity index (χ4v) is 4.11. The molecule has 1 unspecified atom stereocenters. The summed E-state index contributed by atoms with van der Waals surface area (Å²) in [5.41, 5.74) is 0.708. The molecule has 4 rings (SSSR count). The van der Waals surface area contributed by atoms with Gasteiger partial charge in [-0.25, -0.2) is 0 Å². The van der Waals surface area contributed by atoms with Crippen LogP contribution in [0.15, 0.2) is 66.7 Å². The maximum atomic E-state index is 13.3. The molecule has 2 amide bonds. The highest BCUT2D eigenvalue weighted by Gasteiger charge is 2.51. The maximum Gasteiger partial charge on any atom is 0.268 e. The zero-order valence-corrected chi connectivity index (χ0v) is 17.5. The molecule has 152 valence electrons. The van der Waals surface area contributed by atoms with Crippen LogP contribution in [0.3, 0.4) is 0 Å². The van der Waals surface area contributed by atoms with E-state index in [0.717, 1.165) is 5.56 Å². The van der Waals surface area contributed by atoms with Crippen LogP contribution in [0, 0.1) is 6.92 Å². The number of rotatable bonds is 4. The van der Waals surface area contributed by atoms with Gasteiger partial charge in [-0.05, 0) is 48.4 Å². The summed E-state index contributed by atoms with van der Waals surface area (Å²) in [7, 11) is 0. The number of para-hydroxylation sites is 1. The van der Waals surface area contributed by atoms with Crippen LogP contribution in [0.5, 0.6) is 0 Å². The van der Waals surface area contributed by atoms with Crippen LogP contribution in [-0.2, 0) is 15.2 Å². The Bertz CT molecular complexity index is 1160. The smallest absolute Gasteiger partial charge is 0.268 e. The summed E-state index contributed by atoms with van der Waals surface area (Å²) in [5, 5.41) is 15.0. The standard InChI is InChI=1S/C23H18Cl2N2O3/c1-14-9-10-19(18(25)11-14)26-21(28)13-27-20-8-3-2-7-17(20)23(30,22(27)29)15-5-4-6-16(24)12-15/h2-12,30H,13H2,1H3,(H,26,28). The monoisotopic (exact) mass is 440 g/mol. The van der Waals surface area contributed by atoms with Crippen LogP contribution < -0.4 is 10.2 Å². The molecule has 30 heavy (non-hydrogen) atoms. The van der Waals surface area contributed by atoms with Gasteiger partial charge in [0.05, 0.1) is 16.4 Å². The van der Waals surface area contributed by atoms with Crippen molar-refractivity contribution in [2.24, 2.45) is 0 Å². The number of benzene rings is 3. The van der Waals surface area contributed by atoms with E-state index in [4.69, 9.17) is 23.2 Å². The molecule has 0 aliphatic carbocycles. The topological polar surface area (TPSA) is 69.6 Å². The number of carbonyl (C=O) groups excluding carboxylic acids is 2. The molecule has 1 aliphatic rings. The Morgan fingerprint density at radius 1 is 1.07 bits per heavy atom. The predicted octanol–water partition coefficient (Wildman–Crippen LogP) is 4.52. The van der Waals surface area contributed by atoms with Crippen molar-refractivity contribution in [1.29, 1.82) is 0 Å². The third-order valence-corrected chi connectivity index (χ3v) is 5.63. The first-order valence-corrected chi connectivity index (χ1v) is 10.0. The molecular formula is C23H18Cl2N2O3. The van der Waals surface area contributed by atoms with Crippen molar-refractivity contribution in [2.45, 2.75) is 12.5 Å². The molecular weight excluding hydrogens is 423 g/mol. The lowest BCUT2D eigenvalue weighted by atomic mass is 9.87. The summed E-state index contributed by atoms with van der Waals surface area (Å²) in [6.45, 7) is 1.62. The molecule has 5 nitrogen and oxygen atoms in total. The lowest BCUT2D eigenvalue weighted by Gasteiger charge is -2.23. The summed E-state index contributed by atoms with van der Waals surface area (Å²) in [5.74, 6) is -1.05. The molecule has 7 heteroatoms. The van der Waals surface area contributed by atoms with Crippen molar-refractivity contribution in [3.63, 3.8) is 0 Å². The Morgan fingerprint density at radius 3 is 2.57 bits per heavy atom. The first kappa shape index (κ1) is 20.4. The number of nitrogens with zero attached hydrogens (tertiary/aromatic N) is 1. The number of aliphatic hydroxyl groups is 1. The normalized spacial score (nSPS) is 17.7. The Morgan fingerprint density at radius 2 is 1.83 bits per heavy atom. The highest BCUT2D eigenvalue weighted by molar-refractivity contribution is 6.33. The van der Waals surface area contributed by atoms with Gasteiger partial charge < -0.3 is 10.4 Å². The molecule has 1 heterocycles. The van der Waals surface area contributed by atoms with E-state index in [-0.39, 0.29) is 6.54 Å². The van der Waals surface area contributed by atoms with E-state index in [1.165, 1.54) is 4.90 Å². The van der Waals surface area contributed by atoms with E-state index in [9.17, 15) is 14.7 Å². The molecule has 0 spiro atoms. The number of aryl methyl sites for hydroxylation is 1. The van der Waals surface area contributed by atoms with Crippen molar-refractivity contribution in [3.8, 4) is 0 Å². The van der Waals surface area contributed by atoms with E-state index >= 15 is 0 Å². The Balaban J connectivity index is 1.66. The van der Waals surface area contributed by atoms with E-state index in [0.29, 0.717) is 32.5 Å². The number of carbonyl (C=O) groups is 2. The van der Waals surface area contributed by atoms with Gasteiger partial charge >= 0.3 is 0 Å². The molecule has 0 bridgehead atoms. The molecule has 2 N–H and O–H groups in total. The third-order valence-electron chi connectivity index (χ3n) is 5.08. The average Bonchev–Trinajstić information content (AvgIpc) is 2.93. The molecule has 0 radical (unpaired) electrons. The quantitative estimate of drug-likeness (QED) is 0.626. The Hall–Kier alpha value is -2.86. The second-order valence-corrected chi connectivity index (χ2v) is 8.00. The van der Waals surface area contributed by atoms with Gasteiger partial charge in [0, 0.05) is 10.6 Å². The molecule has 1 aliphatic heterocycles. The summed E-state index contributed by atoms with van der Waals surface area (Å²) in [4.78, 5) is 27.3. The van der Waals surface area contributed by atoms with Gasteiger partial charge in [0.1, 0.15) is 6.54 Å². The van der Waals surface area contributed by atoms with E-state index in [2.05, 4.69) is 5.32 Å². The van der Waals surface area contributed by atoms with Gasteiger partial charge in [-0.1, -0.05) is 59.6 Å². The Labute approximate surface area is 183 Å².